The second-order valence-corrected chi connectivity index (χ2v) is 5.03. The Bertz CT molecular complexity index is 438. The van der Waals surface area contributed by atoms with Crippen LogP contribution in [0, 0.1) is 0 Å². The van der Waals surface area contributed by atoms with E-state index in [-0.39, 0.29) is 5.91 Å². The van der Waals surface area contributed by atoms with Crippen molar-refractivity contribution >= 4 is 11.6 Å². The third kappa shape index (κ3) is 2.60. The number of nitrogens with one attached hydrogen (secondary N) is 2. The molecular weight excluding hydrogens is 212 g/mol. The lowest BCUT2D eigenvalue weighted by Gasteiger charge is -2.08. The van der Waals surface area contributed by atoms with Gasteiger partial charge in [-0.3, -0.25) is 4.79 Å². The van der Waals surface area contributed by atoms with E-state index in [1.807, 2.05) is 0 Å². The van der Waals surface area contributed by atoms with Crippen molar-refractivity contribution in [3.63, 3.8) is 0 Å². The normalized spacial score (nSPS) is 17.6. The number of carbonyl (C=O) groups excluding carboxylic acids is 1. The van der Waals surface area contributed by atoms with E-state index in [2.05, 4.69) is 28.8 Å². The van der Waals surface area contributed by atoms with Gasteiger partial charge in [-0.1, -0.05) is 6.07 Å². The maximum atomic E-state index is 11.5. The van der Waals surface area contributed by atoms with Crippen LogP contribution in [0.1, 0.15) is 30.4 Å². The standard InChI is InChI=1S/C14H18N2O/c17-14(16-12-6-7-12)9-15-13-5-4-10-2-1-3-11(10)8-13/h4-5,8,12,15H,1-3,6-7,9H2,(H,16,17). The lowest BCUT2D eigenvalue weighted by molar-refractivity contribution is -0.119. The van der Waals surface area contributed by atoms with Gasteiger partial charge in [-0.05, 0) is 55.4 Å². The van der Waals surface area contributed by atoms with Gasteiger partial charge in [-0.2, -0.15) is 0 Å². The van der Waals surface area contributed by atoms with E-state index < -0.39 is 0 Å². The zero-order chi connectivity index (χ0) is 11.7. The minimum absolute atomic E-state index is 0.105. The molecule has 0 heterocycles. The smallest absolute Gasteiger partial charge is 0.239 e. The number of rotatable bonds is 4. The second-order valence-electron chi connectivity index (χ2n) is 5.03. The van der Waals surface area contributed by atoms with Crippen molar-refractivity contribution in [1.82, 2.24) is 5.32 Å². The van der Waals surface area contributed by atoms with Gasteiger partial charge in [0.2, 0.25) is 5.91 Å². The number of carbonyl (C=O) groups is 1. The Morgan fingerprint density at radius 3 is 2.88 bits per heavy atom. The number of amides is 1. The van der Waals surface area contributed by atoms with Crippen LogP contribution in [0.3, 0.4) is 0 Å². The fourth-order valence-electron chi connectivity index (χ4n) is 2.37. The molecule has 0 aliphatic heterocycles. The summed E-state index contributed by atoms with van der Waals surface area (Å²) in [6, 6.07) is 6.90. The molecule has 2 N–H and O–H groups in total. The third-order valence-corrected chi connectivity index (χ3v) is 3.49. The van der Waals surface area contributed by atoms with Gasteiger partial charge in [-0.25, -0.2) is 0 Å². The van der Waals surface area contributed by atoms with Crippen LogP contribution in [0.25, 0.3) is 0 Å². The monoisotopic (exact) mass is 230 g/mol. The molecule has 3 nitrogen and oxygen atoms in total. The molecule has 3 rings (SSSR count). The van der Waals surface area contributed by atoms with E-state index in [0.717, 1.165) is 18.5 Å². The molecule has 0 unspecified atom stereocenters. The topological polar surface area (TPSA) is 41.1 Å². The Balaban J connectivity index is 1.55. The van der Waals surface area contributed by atoms with Crippen molar-refractivity contribution in [3.8, 4) is 0 Å². The Morgan fingerprint density at radius 2 is 2.06 bits per heavy atom. The SMILES string of the molecule is O=C(CNc1ccc2c(c1)CCC2)NC1CC1. The van der Waals surface area contributed by atoms with Gasteiger partial charge < -0.3 is 10.6 Å². The molecule has 90 valence electrons. The maximum absolute atomic E-state index is 11.5. The molecule has 0 bridgehead atoms. The van der Waals surface area contributed by atoms with Gasteiger partial charge >= 0.3 is 0 Å². The predicted octanol–water partition coefficient (Wildman–Crippen LogP) is 1.87. The minimum atomic E-state index is 0.105. The van der Waals surface area contributed by atoms with Crippen LogP contribution < -0.4 is 10.6 Å². The van der Waals surface area contributed by atoms with Crippen LogP contribution >= 0.6 is 0 Å². The molecule has 0 saturated heterocycles. The summed E-state index contributed by atoms with van der Waals surface area (Å²) < 4.78 is 0. The zero-order valence-electron chi connectivity index (χ0n) is 9.96. The first-order valence-electron chi connectivity index (χ1n) is 6.46. The number of hydrogen-bond acceptors (Lipinski definition) is 2. The largest absolute Gasteiger partial charge is 0.376 e. The van der Waals surface area contributed by atoms with Crippen molar-refractivity contribution in [2.45, 2.75) is 38.1 Å². The van der Waals surface area contributed by atoms with Crippen molar-refractivity contribution < 1.29 is 4.79 Å². The van der Waals surface area contributed by atoms with Gasteiger partial charge in [0.25, 0.3) is 0 Å². The minimum Gasteiger partial charge on any atom is -0.376 e. The molecule has 0 atom stereocenters. The molecule has 2 aliphatic rings. The maximum Gasteiger partial charge on any atom is 0.239 e. The van der Waals surface area contributed by atoms with Crippen LogP contribution in [0.5, 0.6) is 0 Å². The van der Waals surface area contributed by atoms with E-state index in [1.165, 1.54) is 30.4 Å². The van der Waals surface area contributed by atoms with Crippen molar-refractivity contribution in [3.05, 3.63) is 29.3 Å². The molecule has 2 aliphatic carbocycles. The Kier molecular flexibility index (Phi) is 2.75. The molecule has 1 aromatic carbocycles. The number of hydrogen-bond donors (Lipinski definition) is 2. The first kappa shape index (κ1) is 10.6. The summed E-state index contributed by atoms with van der Waals surface area (Å²) >= 11 is 0. The molecular formula is C14H18N2O. The highest BCUT2D eigenvalue weighted by Gasteiger charge is 2.22. The number of benzene rings is 1. The average molecular weight is 230 g/mol. The predicted molar refractivity (Wildman–Crippen MR) is 68.1 cm³/mol. The van der Waals surface area contributed by atoms with Crippen molar-refractivity contribution in [2.75, 3.05) is 11.9 Å². The van der Waals surface area contributed by atoms with Gasteiger partial charge in [-0.15, -0.1) is 0 Å². The molecule has 17 heavy (non-hydrogen) atoms. The molecule has 1 fully saturated rings. The molecule has 3 heteroatoms. The summed E-state index contributed by atoms with van der Waals surface area (Å²) in [6.07, 6.45) is 5.94. The highest BCUT2D eigenvalue weighted by atomic mass is 16.2. The van der Waals surface area contributed by atoms with Crippen LogP contribution in [0.4, 0.5) is 5.69 Å². The quantitative estimate of drug-likeness (QED) is 0.829. The van der Waals surface area contributed by atoms with Gasteiger partial charge in [0.1, 0.15) is 0 Å². The highest BCUT2D eigenvalue weighted by Crippen LogP contribution is 2.24. The van der Waals surface area contributed by atoms with Crippen molar-refractivity contribution in [2.24, 2.45) is 0 Å². The fraction of sp³-hybridized carbons (Fsp3) is 0.500. The molecule has 0 radical (unpaired) electrons. The van der Waals surface area contributed by atoms with Crippen LogP contribution in [0.15, 0.2) is 18.2 Å². The molecule has 1 aromatic rings. The average Bonchev–Trinajstić information content (AvgIpc) is 3.01. The number of fused-ring (bicyclic) bond motifs is 1. The van der Waals surface area contributed by atoms with E-state index >= 15 is 0 Å². The summed E-state index contributed by atoms with van der Waals surface area (Å²) in [4.78, 5) is 11.5. The Morgan fingerprint density at radius 1 is 1.24 bits per heavy atom. The molecule has 0 aromatic heterocycles. The molecule has 0 spiro atoms. The first-order valence-corrected chi connectivity index (χ1v) is 6.46. The molecule has 1 saturated carbocycles. The van der Waals surface area contributed by atoms with Crippen LogP contribution in [-0.2, 0) is 17.6 Å². The summed E-state index contributed by atoms with van der Waals surface area (Å²) in [5.74, 6) is 0.105. The van der Waals surface area contributed by atoms with E-state index in [0.29, 0.717) is 12.6 Å². The number of anilines is 1. The second kappa shape index (κ2) is 4.40. The fourth-order valence-corrected chi connectivity index (χ4v) is 2.37. The Hall–Kier alpha value is -1.51. The Labute approximate surface area is 102 Å². The summed E-state index contributed by atoms with van der Waals surface area (Å²) in [7, 11) is 0. The van der Waals surface area contributed by atoms with Gasteiger partial charge in [0, 0.05) is 11.7 Å². The summed E-state index contributed by atoms with van der Waals surface area (Å²) in [6.45, 7) is 0.384. The summed E-state index contributed by atoms with van der Waals surface area (Å²) in [5.41, 5.74) is 3.98. The van der Waals surface area contributed by atoms with Crippen LogP contribution in [-0.4, -0.2) is 18.5 Å². The van der Waals surface area contributed by atoms with Crippen LogP contribution in [0.2, 0.25) is 0 Å². The number of aryl methyl sites for hydroxylation is 2. The molecule has 1 amide bonds. The van der Waals surface area contributed by atoms with E-state index in [4.69, 9.17) is 0 Å². The summed E-state index contributed by atoms with van der Waals surface area (Å²) in [5, 5.41) is 6.17. The van der Waals surface area contributed by atoms with E-state index in [9.17, 15) is 4.79 Å². The lowest BCUT2D eigenvalue weighted by Crippen LogP contribution is -2.31. The highest BCUT2D eigenvalue weighted by molar-refractivity contribution is 5.81. The van der Waals surface area contributed by atoms with Gasteiger partial charge in [0.15, 0.2) is 0 Å². The third-order valence-electron chi connectivity index (χ3n) is 3.49. The first-order chi connectivity index (χ1) is 8.31. The van der Waals surface area contributed by atoms with Crippen molar-refractivity contribution in [1.29, 1.82) is 0 Å². The van der Waals surface area contributed by atoms with E-state index in [1.54, 1.807) is 0 Å². The van der Waals surface area contributed by atoms with Gasteiger partial charge in [0.05, 0.1) is 6.54 Å². The lowest BCUT2D eigenvalue weighted by atomic mass is 10.1. The zero-order valence-corrected chi connectivity index (χ0v) is 9.96.